The second-order valence-electron chi connectivity index (χ2n) is 10.3. The fraction of sp³-hybridized carbons (Fsp3) is 0.913. The van der Waals surface area contributed by atoms with Crippen molar-refractivity contribution in [3.8, 4) is 11.8 Å². The summed E-state index contributed by atoms with van der Waals surface area (Å²) in [4.78, 5) is 2.57. The van der Waals surface area contributed by atoms with Crippen LogP contribution in [0.1, 0.15) is 81.4 Å². The summed E-state index contributed by atoms with van der Waals surface area (Å²) in [7, 11) is 0. The normalized spacial score (nSPS) is 28.8. The van der Waals surface area contributed by atoms with Crippen molar-refractivity contribution in [3.05, 3.63) is 0 Å². The molecule has 2 rings (SSSR count). The molecule has 1 aliphatic carbocycles. The first kappa shape index (κ1) is 19.2. The Labute approximate surface area is 158 Å². The average molecular weight is 349 g/mol. The van der Waals surface area contributed by atoms with Crippen LogP contribution in [-0.4, -0.2) is 37.2 Å². The van der Waals surface area contributed by atoms with Crippen molar-refractivity contribution < 1.29 is 6.11 Å². The monoisotopic (exact) mass is 348 g/mol. The average Bonchev–Trinajstić information content (AvgIpc) is 2.53. The van der Waals surface area contributed by atoms with Gasteiger partial charge in [-0.2, -0.15) is 0 Å². The molecule has 0 aromatic carbocycles. The fourth-order valence-electron chi connectivity index (χ4n) is 4.14. The first-order valence-corrected chi connectivity index (χ1v) is 10.3. The third-order valence-electron chi connectivity index (χ3n) is 5.81. The summed E-state index contributed by atoms with van der Waals surface area (Å²) >= 11 is 0. The van der Waals surface area contributed by atoms with Crippen molar-refractivity contribution >= 4 is 0 Å². The van der Waals surface area contributed by atoms with E-state index in [-0.39, 0.29) is 5.41 Å². The summed E-state index contributed by atoms with van der Waals surface area (Å²) in [5, 5.41) is 0. The van der Waals surface area contributed by atoms with Gasteiger partial charge in [-0.3, -0.25) is 0 Å². The Balaban J connectivity index is 1.69. The minimum absolute atomic E-state index is 0.00785. The van der Waals surface area contributed by atoms with E-state index in [9.17, 15) is 0 Å². The molecule has 2 nitrogen and oxygen atoms in total. The van der Waals surface area contributed by atoms with E-state index in [1.54, 1.807) is 0 Å². The molecule has 0 unspecified atom stereocenters. The molecule has 1 aliphatic heterocycles. The molecule has 2 heteroatoms. The fourth-order valence-corrected chi connectivity index (χ4v) is 4.14. The molecule has 0 spiro atoms. The van der Waals surface area contributed by atoms with E-state index in [1.165, 1.54) is 32.2 Å². The molecule has 144 valence electrons. The summed E-state index contributed by atoms with van der Waals surface area (Å²) in [6, 6.07) is 0. The van der Waals surface area contributed by atoms with Gasteiger partial charge in [-0.1, -0.05) is 32.6 Å². The van der Waals surface area contributed by atoms with Gasteiger partial charge < -0.3 is 9.64 Å². The minimum atomic E-state index is -0.729. The predicted octanol–water partition coefficient (Wildman–Crippen LogP) is 5.37. The van der Waals surface area contributed by atoms with E-state index in [4.69, 9.17) is 6.11 Å². The zero-order chi connectivity index (χ0) is 19.4. The molecule has 25 heavy (non-hydrogen) atoms. The molecule has 0 aromatic rings. The maximum atomic E-state index is 8.54. The van der Waals surface area contributed by atoms with E-state index in [2.05, 4.69) is 58.3 Å². The number of piperidine rings is 1. The van der Waals surface area contributed by atoms with Crippen LogP contribution in [0.3, 0.4) is 0 Å². The van der Waals surface area contributed by atoms with Crippen LogP contribution < -0.4 is 0 Å². The van der Waals surface area contributed by atoms with E-state index in [0.717, 1.165) is 37.8 Å². The lowest BCUT2D eigenvalue weighted by molar-refractivity contribution is 0.0171. The van der Waals surface area contributed by atoms with Crippen molar-refractivity contribution in [3.63, 3.8) is 0 Å². The van der Waals surface area contributed by atoms with Gasteiger partial charge in [0.25, 0.3) is 0 Å². The standard InChI is InChI=1S/C23H41NO/c1-22(2,3)14-7-17-25-21-12-15-24(16-13-21)18-19-8-10-20(11-9-19)23(4,5)6/h19-21H,8-13,15-18H2,1-6H3/i21D. The highest BCUT2D eigenvalue weighted by Crippen LogP contribution is 2.40. The second-order valence-corrected chi connectivity index (χ2v) is 10.3. The molecule has 0 radical (unpaired) electrons. The van der Waals surface area contributed by atoms with Gasteiger partial charge in [-0.15, -0.1) is 0 Å². The lowest BCUT2D eigenvalue weighted by Gasteiger charge is -2.39. The Kier molecular flexibility index (Phi) is 6.86. The zero-order valence-corrected chi connectivity index (χ0v) is 17.6. The zero-order valence-electron chi connectivity index (χ0n) is 18.6. The van der Waals surface area contributed by atoms with Crippen LogP contribution in [0.2, 0.25) is 0 Å². The van der Waals surface area contributed by atoms with Crippen LogP contribution in [-0.2, 0) is 4.74 Å². The Morgan fingerprint density at radius 3 is 2.08 bits per heavy atom. The van der Waals surface area contributed by atoms with Gasteiger partial charge in [0.2, 0.25) is 0 Å². The number of nitrogens with zero attached hydrogens (tertiary/aromatic N) is 1. The van der Waals surface area contributed by atoms with Gasteiger partial charge in [0.05, 0.1) is 7.45 Å². The number of hydrogen-bond donors (Lipinski definition) is 0. The van der Waals surface area contributed by atoms with E-state index < -0.39 is 6.08 Å². The predicted molar refractivity (Wildman–Crippen MR) is 108 cm³/mol. The van der Waals surface area contributed by atoms with Gasteiger partial charge in [-0.05, 0) is 76.5 Å². The lowest BCUT2D eigenvalue weighted by Crippen LogP contribution is -2.40. The largest absolute Gasteiger partial charge is 0.365 e. The lowest BCUT2D eigenvalue weighted by atomic mass is 9.70. The van der Waals surface area contributed by atoms with Crippen LogP contribution >= 0.6 is 0 Å². The van der Waals surface area contributed by atoms with Gasteiger partial charge >= 0.3 is 0 Å². The molecule has 0 bridgehead atoms. The van der Waals surface area contributed by atoms with Crippen molar-refractivity contribution in [2.45, 2.75) is 86.1 Å². The number of rotatable bonds is 4. The number of hydrogen-bond acceptors (Lipinski definition) is 2. The first-order valence-electron chi connectivity index (χ1n) is 10.8. The molecule has 0 amide bonds. The number of likely N-dealkylation sites (tertiary alicyclic amines) is 1. The maximum absolute atomic E-state index is 8.54. The molecule has 1 heterocycles. The topological polar surface area (TPSA) is 12.5 Å². The van der Waals surface area contributed by atoms with Crippen LogP contribution in [0.15, 0.2) is 0 Å². The molecule has 2 aliphatic rings. The summed E-state index contributed by atoms with van der Waals surface area (Å²) in [6.07, 6.45) is 6.42. The van der Waals surface area contributed by atoms with Crippen molar-refractivity contribution in [1.29, 1.82) is 0 Å². The molecular formula is C23H41NO. The van der Waals surface area contributed by atoms with Gasteiger partial charge in [0.15, 0.2) is 0 Å². The van der Waals surface area contributed by atoms with Crippen LogP contribution in [0.4, 0.5) is 0 Å². The summed E-state index contributed by atoms with van der Waals surface area (Å²) in [5.74, 6) is 8.02. The van der Waals surface area contributed by atoms with Gasteiger partial charge in [-0.25, -0.2) is 0 Å². The van der Waals surface area contributed by atoms with Crippen molar-refractivity contribution in [2.24, 2.45) is 22.7 Å². The molecule has 0 N–H and O–H groups in total. The molecule has 1 saturated carbocycles. The van der Waals surface area contributed by atoms with Crippen LogP contribution in [0, 0.1) is 34.5 Å². The quantitative estimate of drug-likeness (QED) is 0.633. The molecule has 2 fully saturated rings. The van der Waals surface area contributed by atoms with E-state index in [0.29, 0.717) is 12.0 Å². The molecule has 0 atom stereocenters. The Morgan fingerprint density at radius 2 is 1.56 bits per heavy atom. The number of ether oxygens (including phenoxy) is 1. The first-order chi connectivity index (χ1) is 12.0. The third kappa shape index (κ3) is 7.71. The van der Waals surface area contributed by atoms with Crippen LogP contribution in [0.25, 0.3) is 0 Å². The Hall–Kier alpha value is -0.520. The Bertz CT molecular complexity index is 489. The highest BCUT2D eigenvalue weighted by atomic mass is 16.5. The van der Waals surface area contributed by atoms with E-state index in [1.807, 2.05) is 0 Å². The minimum Gasteiger partial charge on any atom is -0.365 e. The van der Waals surface area contributed by atoms with Gasteiger partial charge in [0, 0.05) is 25.0 Å². The summed E-state index contributed by atoms with van der Waals surface area (Å²) < 4.78 is 14.4. The highest BCUT2D eigenvalue weighted by Gasteiger charge is 2.31. The third-order valence-corrected chi connectivity index (χ3v) is 5.81. The SMILES string of the molecule is [2H]C1(OCC#CC(C)(C)C)CCN(CC2CCC(C(C)(C)C)CC2)CC1. The smallest absolute Gasteiger partial charge is 0.108 e. The van der Waals surface area contributed by atoms with E-state index >= 15 is 0 Å². The van der Waals surface area contributed by atoms with Crippen LogP contribution in [0.5, 0.6) is 0 Å². The maximum Gasteiger partial charge on any atom is 0.108 e. The second kappa shape index (κ2) is 8.92. The molecule has 0 aromatic heterocycles. The molecule has 1 saturated heterocycles. The summed E-state index contributed by atoms with van der Waals surface area (Å²) in [6.45, 7) is 17.1. The van der Waals surface area contributed by atoms with Crippen molar-refractivity contribution in [2.75, 3.05) is 26.2 Å². The Morgan fingerprint density at radius 1 is 0.960 bits per heavy atom. The van der Waals surface area contributed by atoms with Crippen molar-refractivity contribution in [1.82, 2.24) is 4.90 Å². The van der Waals surface area contributed by atoms with Gasteiger partial charge in [0.1, 0.15) is 6.61 Å². The highest BCUT2D eigenvalue weighted by molar-refractivity contribution is 5.07. The summed E-state index contributed by atoms with van der Waals surface area (Å²) in [5.41, 5.74) is 0.474. The molecular weight excluding hydrogens is 306 g/mol.